The van der Waals surface area contributed by atoms with E-state index in [2.05, 4.69) is 35.3 Å². The van der Waals surface area contributed by atoms with Crippen molar-refractivity contribution in [3.63, 3.8) is 0 Å². The minimum atomic E-state index is 0.260. The van der Waals surface area contributed by atoms with E-state index in [0.29, 0.717) is 18.0 Å². The first kappa shape index (κ1) is 19.0. The Hall–Kier alpha value is -3.00. The number of hydrogen-bond donors (Lipinski definition) is 1. The lowest BCUT2D eigenvalue weighted by molar-refractivity contribution is 0.105. The standard InChI is InChI=1S/C22H27N7O/c1-3-18(4-2)27-12-17(10-25-27)22-21-5-6-23-29(21)13-20(26-22)16-9-24-28(11-16)19-7-15(8-19)14-30/h5-6,9-13,15,18-19,30H,3-4,7-8,14H2,1-2H3. The Morgan fingerprint density at radius 3 is 2.60 bits per heavy atom. The maximum Gasteiger partial charge on any atom is 0.0999 e. The van der Waals surface area contributed by atoms with Crippen LogP contribution in [0, 0.1) is 5.92 Å². The molecule has 0 atom stereocenters. The highest BCUT2D eigenvalue weighted by Crippen LogP contribution is 2.37. The summed E-state index contributed by atoms with van der Waals surface area (Å²) >= 11 is 0. The Kier molecular flexibility index (Phi) is 4.86. The molecule has 1 fully saturated rings. The highest BCUT2D eigenvalue weighted by molar-refractivity contribution is 5.78. The lowest BCUT2D eigenvalue weighted by Gasteiger charge is -2.33. The average Bonchev–Trinajstić information content (AvgIpc) is 3.48. The van der Waals surface area contributed by atoms with Gasteiger partial charge in [-0.3, -0.25) is 9.36 Å². The van der Waals surface area contributed by atoms with Crippen LogP contribution in [0.4, 0.5) is 0 Å². The van der Waals surface area contributed by atoms with E-state index in [1.54, 1.807) is 6.20 Å². The van der Waals surface area contributed by atoms with Crippen LogP contribution in [0.1, 0.15) is 51.6 Å². The third-order valence-corrected chi connectivity index (χ3v) is 6.32. The number of aliphatic hydroxyl groups is 1. The van der Waals surface area contributed by atoms with Crippen molar-refractivity contribution in [2.75, 3.05) is 6.61 Å². The van der Waals surface area contributed by atoms with Gasteiger partial charge in [0.1, 0.15) is 0 Å². The van der Waals surface area contributed by atoms with Gasteiger partial charge in [-0.05, 0) is 37.7 Å². The number of rotatable bonds is 7. The fraction of sp³-hybridized carbons (Fsp3) is 0.455. The minimum Gasteiger partial charge on any atom is -0.396 e. The van der Waals surface area contributed by atoms with Gasteiger partial charge >= 0.3 is 0 Å². The van der Waals surface area contributed by atoms with Gasteiger partial charge in [-0.2, -0.15) is 15.3 Å². The molecule has 30 heavy (non-hydrogen) atoms. The van der Waals surface area contributed by atoms with Crippen molar-refractivity contribution in [2.24, 2.45) is 5.92 Å². The normalized spacial score (nSPS) is 18.9. The van der Waals surface area contributed by atoms with Crippen LogP contribution < -0.4 is 0 Å². The highest BCUT2D eigenvalue weighted by atomic mass is 16.3. The molecule has 4 aromatic heterocycles. The number of aliphatic hydroxyl groups excluding tert-OH is 1. The molecule has 5 rings (SSSR count). The quantitative estimate of drug-likeness (QED) is 0.506. The van der Waals surface area contributed by atoms with Crippen LogP contribution in [-0.2, 0) is 0 Å². The van der Waals surface area contributed by atoms with Crippen LogP contribution in [0.15, 0.2) is 43.2 Å². The van der Waals surface area contributed by atoms with E-state index >= 15 is 0 Å². The van der Waals surface area contributed by atoms with E-state index in [9.17, 15) is 5.11 Å². The lowest BCUT2D eigenvalue weighted by Crippen LogP contribution is -2.29. The maximum atomic E-state index is 9.26. The highest BCUT2D eigenvalue weighted by Gasteiger charge is 2.30. The molecule has 0 aromatic carbocycles. The molecule has 8 heteroatoms. The molecule has 0 radical (unpaired) electrons. The van der Waals surface area contributed by atoms with Crippen LogP contribution in [-0.4, -0.2) is 45.9 Å². The Bertz CT molecular complexity index is 1150. The zero-order chi connectivity index (χ0) is 20.7. The minimum absolute atomic E-state index is 0.260. The first-order valence-corrected chi connectivity index (χ1v) is 10.7. The monoisotopic (exact) mass is 405 g/mol. The molecule has 1 saturated carbocycles. The molecule has 1 N–H and O–H groups in total. The molecule has 1 aliphatic rings. The second kappa shape index (κ2) is 7.68. The molecule has 0 aliphatic heterocycles. The van der Waals surface area contributed by atoms with Crippen molar-refractivity contribution in [3.05, 3.63) is 43.2 Å². The largest absolute Gasteiger partial charge is 0.396 e. The number of aromatic nitrogens is 7. The fourth-order valence-electron chi connectivity index (χ4n) is 4.34. The van der Waals surface area contributed by atoms with Crippen molar-refractivity contribution in [3.8, 4) is 22.5 Å². The molecule has 0 unspecified atom stereocenters. The molecule has 0 bridgehead atoms. The second-order valence-corrected chi connectivity index (χ2v) is 8.20. The fourth-order valence-corrected chi connectivity index (χ4v) is 4.34. The molecule has 0 saturated heterocycles. The van der Waals surface area contributed by atoms with Gasteiger partial charge in [-0.1, -0.05) is 13.8 Å². The summed E-state index contributed by atoms with van der Waals surface area (Å²) in [5.74, 6) is 0.402. The third kappa shape index (κ3) is 3.21. The molecular weight excluding hydrogens is 378 g/mol. The van der Waals surface area contributed by atoms with Gasteiger partial charge < -0.3 is 5.11 Å². The van der Waals surface area contributed by atoms with Crippen LogP contribution >= 0.6 is 0 Å². The summed E-state index contributed by atoms with van der Waals surface area (Å²) in [6, 6.07) is 2.74. The zero-order valence-electron chi connectivity index (χ0n) is 17.4. The van der Waals surface area contributed by atoms with Crippen LogP contribution in [0.5, 0.6) is 0 Å². The van der Waals surface area contributed by atoms with Crippen molar-refractivity contribution in [2.45, 2.75) is 51.6 Å². The molecule has 156 valence electrons. The van der Waals surface area contributed by atoms with Crippen molar-refractivity contribution in [1.82, 2.24) is 34.2 Å². The zero-order valence-corrected chi connectivity index (χ0v) is 17.4. The molecule has 4 heterocycles. The summed E-state index contributed by atoms with van der Waals surface area (Å²) in [5.41, 5.74) is 4.62. The predicted molar refractivity (Wildman–Crippen MR) is 114 cm³/mol. The average molecular weight is 406 g/mol. The smallest absolute Gasteiger partial charge is 0.0999 e. The van der Waals surface area contributed by atoms with Gasteiger partial charge in [0, 0.05) is 30.1 Å². The van der Waals surface area contributed by atoms with E-state index in [4.69, 9.17) is 4.98 Å². The molecule has 4 aromatic rings. The summed E-state index contributed by atoms with van der Waals surface area (Å²) in [6.45, 7) is 4.63. The van der Waals surface area contributed by atoms with Crippen LogP contribution in [0.25, 0.3) is 28.0 Å². The van der Waals surface area contributed by atoms with Crippen molar-refractivity contribution >= 4 is 5.52 Å². The summed E-state index contributed by atoms with van der Waals surface area (Å²) < 4.78 is 5.92. The lowest BCUT2D eigenvalue weighted by atomic mass is 9.81. The van der Waals surface area contributed by atoms with Crippen LogP contribution in [0.2, 0.25) is 0 Å². The molecule has 8 nitrogen and oxygen atoms in total. The van der Waals surface area contributed by atoms with E-state index in [1.807, 2.05) is 44.7 Å². The van der Waals surface area contributed by atoms with Crippen LogP contribution in [0.3, 0.4) is 0 Å². The van der Waals surface area contributed by atoms with E-state index in [0.717, 1.165) is 53.7 Å². The molecule has 0 amide bonds. The molecular formula is C22H27N7O. The molecule has 1 aliphatic carbocycles. The van der Waals surface area contributed by atoms with E-state index < -0.39 is 0 Å². The first-order valence-electron chi connectivity index (χ1n) is 10.7. The Balaban J connectivity index is 1.51. The van der Waals surface area contributed by atoms with Gasteiger partial charge in [0.2, 0.25) is 0 Å². The van der Waals surface area contributed by atoms with Gasteiger partial charge in [0.25, 0.3) is 0 Å². The SMILES string of the molecule is CCC(CC)n1cc(-c2nc(-c3cnn(C4CC(CO)C4)c3)cn3nccc23)cn1. The number of fused-ring (bicyclic) bond motifs is 1. The Labute approximate surface area is 175 Å². The summed E-state index contributed by atoms with van der Waals surface area (Å²) in [6.07, 6.45) is 15.7. The van der Waals surface area contributed by atoms with E-state index in [1.165, 1.54) is 0 Å². The first-order chi connectivity index (χ1) is 14.7. The molecule has 0 spiro atoms. The topological polar surface area (TPSA) is 86.1 Å². The Morgan fingerprint density at radius 1 is 1.03 bits per heavy atom. The van der Waals surface area contributed by atoms with Gasteiger partial charge in [0.15, 0.2) is 0 Å². The summed E-state index contributed by atoms with van der Waals surface area (Å²) in [5, 5.41) is 22.9. The van der Waals surface area contributed by atoms with E-state index in [-0.39, 0.29) is 6.61 Å². The third-order valence-electron chi connectivity index (χ3n) is 6.32. The summed E-state index contributed by atoms with van der Waals surface area (Å²) in [7, 11) is 0. The Morgan fingerprint density at radius 2 is 1.83 bits per heavy atom. The van der Waals surface area contributed by atoms with Crippen molar-refractivity contribution in [1.29, 1.82) is 0 Å². The van der Waals surface area contributed by atoms with Gasteiger partial charge in [0.05, 0.1) is 53.8 Å². The van der Waals surface area contributed by atoms with Gasteiger partial charge in [-0.15, -0.1) is 0 Å². The summed E-state index contributed by atoms with van der Waals surface area (Å²) in [4.78, 5) is 4.98. The number of hydrogen-bond acceptors (Lipinski definition) is 5. The van der Waals surface area contributed by atoms with Gasteiger partial charge in [-0.25, -0.2) is 9.50 Å². The maximum absolute atomic E-state index is 9.26. The predicted octanol–water partition coefficient (Wildman–Crippen LogP) is 3.76. The number of nitrogens with zero attached hydrogens (tertiary/aromatic N) is 7. The second-order valence-electron chi connectivity index (χ2n) is 8.20. The van der Waals surface area contributed by atoms with Crippen molar-refractivity contribution < 1.29 is 5.11 Å².